The number of ether oxygens (including phenoxy) is 2. The second-order valence-electron chi connectivity index (χ2n) is 6.80. The average Bonchev–Trinajstić information content (AvgIpc) is 2.75. The molecule has 1 saturated heterocycles. The molecule has 130 valence electrons. The van der Waals surface area contributed by atoms with Crippen LogP contribution in [0.1, 0.15) is 43.6 Å². The summed E-state index contributed by atoms with van der Waals surface area (Å²) < 4.78 is 10.4. The Morgan fingerprint density at radius 3 is 2.38 bits per heavy atom. The number of cyclic esters (lactones) is 1. The molecule has 2 rings (SSSR count). The Labute approximate surface area is 142 Å². The standard InChI is InChI=1S/C19H24O5/c1-6-23-17(21)14-15(19(4,5)24-18(14)22)12(3)16(20)13-9-7-11(2)8-10-13/h7-10,12,14-15H,6H2,1-5H3/t12-,14-,15+/m0/s1. The summed E-state index contributed by atoms with van der Waals surface area (Å²) in [5.74, 6) is -3.54. The third-order valence-electron chi connectivity index (χ3n) is 4.61. The topological polar surface area (TPSA) is 69.7 Å². The number of esters is 2. The van der Waals surface area contributed by atoms with Crippen LogP contribution in [0.15, 0.2) is 24.3 Å². The first kappa shape index (κ1) is 18.2. The number of carbonyl (C=O) groups is 3. The fourth-order valence-electron chi connectivity index (χ4n) is 3.45. The van der Waals surface area contributed by atoms with Crippen LogP contribution in [-0.2, 0) is 19.1 Å². The lowest BCUT2D eigenvalue weighted by atomic mass is 9.72. The summed E-state index contributed by atoms with van der Waals surface area (Å²) in [5.41, 5.74) is 0.711. The molecular weight excluding hydrogens is 308 g/mol. The summed E-state index contributed by atoms with van der Waals surface area (Å²) in [6, 6.07) is 7.25. The van der Waals surface area contributed by atoms with Crippen molar-refractivity contribution in [1.82, 2.24) is 0 Å². The zero-order chi connectivity index (χ0) is 18.1. The Morgan fingerprint density at radius 1 is 1.25 bits per heavy atom. The van der Waals surface area contributed by atoms with Gasteiger partial charge in [0.1, 0.15) is 5.60 Å². The van der Waals surface area contributed by atoms with Gasteiger partial charge in [-0.25, -0.2) is 0 Å². The minimum atomic E-state index is -1.07. The molecule has 0 N–H and O–H groups in total. The molecule has 0 unspecified atom stereocenters. The lowest BCUT2D eigenvalue weighted by Crippen LogP contribution is -2.41. The Balaban J connectivity index is 2.33. The van der Waals surface area contributed by atoms with E-state index in [9.17, 15) is 14.4 Å². The SMILES string of the molecule is CCOC(=O)[C@H]1C(=O)OC(C)(C)[C@@H]1[C@H](C)C(=O)c1ccc(C)cc1. The van der Waals surface area contributed by atoms with Gasteiger partial charge in [-0.2, -0.15) is 0 Å². The number of hydrogen-bond donors (Lipinski definition) is 0. The van der Waals surface area contributed by atoms with Gasteiger partial charge in [-0.1, -0.05) is 36.8 Å². The Morgan fingerprint density at radius 2 is 1.83 bits per heavy atom. The van der Waals surface area contributed by atoms with Gasteiger partial charge in [-0.15, -0.1) is 0 Å². The summed E-state index contributed by atoms with van der Waals surface area (Å²) >= 11 is 0. The van der Waals surface area contributed by atoms with E-state index >= 15 is 0 Å². The zero-order valence-corrected chi connectivity index (χ0v) is 14.8. The molecule has 1 aliphatic heterocycles. The van der Waals surface area contributed by atoms with Crippen molar-refractivity contribution in [2.45, 2.75) is 40.2 Å². The van der Waals surface area contributed by atoms with Crippen molar-refractivity contribution in [1.29, 1.82) is 0 Å². The molecule has 3 atom stereocenters. The number of ketones is 1. The van der Waals surface area contributed by atoms with Crippen molar-refractivity contribution < 1.29 is 23.9 Å². The average molecular weight is 332 g/mol. The van der Waals surface area contributed by atoms with Crippen molar-refractivity contribution in [2.75, 3.05) is 6.61 Å². The van der Waals surface area contributed by atoms with Gasteiger partial charge in [0.2, 0.25) is 0 Å². The molecule has 0 amide bonds. The van der Waals surface area contributed by atoms with Crippen LogP contribution < -0.4 is 0 Å². The van der Waals surface area contributed by atoms with Gasteiger partial charge < -0.3 is 9.47 Å². The molecule has 5 nitrogen and oxygen atoms in total. The largest absolute Gasteiger partial charge is 0.465 e. The molecule has 0 aliphatic carbocycles. The normalized spacial score (nSPS) is 23.5. The Hall–Kier alpha value is -2.17. The van der Waals surface area contributed by atoms with E-state index in [-0.39, 0.29) is 12.4 Å². The maximum Gasteiger partial charge on any atom is 0.321 e. The third-order valence-corrected chi connectivity index (χ3v) is 4.61. The van der Waals surface area contributed by atoms with Gasteiger partial charge in [0.25, 0.3) is 0 Å². The zero-order valence-electron chi connectivity index (χ0n) is 14.8. The van der Waals surface area contributed by atoms with Crippen molar-refractivity contribution in [3.05, 3.63) is 35.4 Å². The van der Waals surface area contributed by atoms with E-state index < -0.39 is 35.3 Å². The van der Waals surface area contributed by atoms with Gasteiger partial charge in [0.15, 0.2) is 11.7 Å². The molecule has 1 heterocycles. The fraction of sp³-hybridized carbons (Fsp3) is 0.526. The van der Waals surface area contributed by atoms with E-state index in [1.54, 1.807) is 39.8 Å². The minimum Gasteiger partial charge on any atom is -0.465 e. The number of hydrogen-bond acceptors (Lipinski definition) is 5. The predicted molar refractivity (Wildman–Crippen MR) is 88.5 cm³/mol. The molecule has 0 bridgehead atoms. The molecule has 1 aromatic carbocycles. The minimum absolute atomic E-state index is 0.110. The second kappa shape index (κ2) is 6.75. The quantitative estimate of drug-likeness (QED) is 0.471. The first-order valence-corrected chi connectivity index (χ1v) is 8.19. The van der Waals surface area contributed by atoms with Crippen molar-refractivity contribution >= 4 is 17.7 Å². The summed E-state index contributed by atoms with van der Waals surface area (Å²) in [7, 11) is 0. The van der Waals surface area contributed by atoms with Crippen LogP contribution in [-0.4, -0.2) is 29.9 Å². The van der Waals surface area contributed by atoms with Crippen LogP contribution in [0.3, 0.4) is 0 Å². The Bertz CT molecular complexity index is 644. The van der Waals surface area contributed by atoms with Gasteiger partial charge in [0.05, 0.1) is 6.61 Å². The van der Waals surface area contributed by atoms with Crippen LogP contribution >= 0.6 is 0 Å². The van der Waals surface area contributed by atoms with Gasteiger partial charge in [-0.3, -0.25) is 14.4 Å². The van der Waals surface area contributed by atoms with Crippen LogP contribution in [0.5, 0.6) is 0 Å². The number of rotatable bonds is 5. The highest BCUT2D eigenvalue weighted by Crippen LogP contribution is 2.43. The highest BCUT2D eigenvalue weighted by molar-refractivity contribution is 6.01. The maximum atomic E-state index is 12.8. The summed E-state index contributed by atoms with van der Waals surface area (Å²) in [5, 5.41) is 0. The predicted octanol–water partition coefficient (Wildman–Crippen LogP) is 2.94. The monoisotopic (exact) mass is 332 g/mol. The molecular formula is C19H24O5. The van der Waals surface area contributed by atoms with Crippen molar-refractivity contribution in [3.63, 3.8) is 0 Å². The van der Waals surface area contributed by atoms with Crippen LogP contribution in [0.25, 0.3) is 0 Å². The molecule has 24 heavy (non-hydrogen) atoms. The summed E-state index contributed by atoms with van der Waals surface area (Å²) in [6.45, 7) is 9.00. The van der Waals surface area contributed by atoms with E-state index in [1.807, 2.05) is 19.1 Å². The van der Waals surface area contributed by atoms with Gasteiger partial charge in [0, 0.05) is 17.4 Å². The van der Waals surface area contributed by atoms with Gasteiger partial charge in [-0.05, 0) is 27.7 Å². The summed E-state index contributed by atoms with van der Waals surface area (Å²) in [6.07, 6.45) is 0. The van der Waals surface area contributed by atoms with E-state index in [2.05, 4.69) is 0 Å². The molecule has 0 saturated carbocycles. The van der Waals surface area contributed by atoms with Crippen molar-refractivity contribution in [2.24, 2.45) is 17.8 Å². The second-order valence-corrected chi connectivity index (χ2v) is 6.80. The highest BCUT2D eigenvalue weighted by atomic mass is 16.6. The van der Waals surface area contributed by atoms with E-state index in [0.717, 1.165) is 5.56 Å². The molecule has 0 aromatic heterocycles. The van der Waals surface area contributed by atoms with E-state index in [0.29, 0.717) is 5.56 Å². The highest BCUT2D eigenvalue weighted by Gasteiger charge is 2.57. The smallest absolute Gasteiger partial charge is 0.321 e. The molecule has 1 aliphatic rings. The maximum absolute atomic E-state index is 12.8. The Kier molecular flexibility index (Phi) is 5.11. The molecule has 1 aromatic rings. The first-order chi connectivity index (χ1) is 11.2. The van der Waals surface area contributed by atoms with Crippen LogP contribution in [0.4, 0.5) is 0 Å². The number of benzene rings is 1. The van der Waals surface area contributed by atoms with E-state index in [1.165, 1.54) is 0 Å². The van der Waals surface area contributed by atoms with Crippen molar-refractivity contribution in [3.8, 4) is 0 Å². The summed E-state index contributed by atoms with van der Waals surface area (Å²) in [4.78, 5) is 37.3. The third kappa shape index (κ3) is 3.35. The number of carbonyl (C=O) groups excluding carboxylic acids is 3. The first-order valence-electron chi connectivity index (χ1n) is 8.19. The number of aryl methyl sites for hydroxylation is 1. The number of Topliss-reactive ketones (excluding diaryl/α,β-unsaturated/α-hetero) is 1. The van der Waals surface area contributed by atoms with E-state index in [4.69, 9.17) is 9.47 Å². The van der Waals surface area contributed by atoms with Gasteiger partial charge >= 0.3 is 11.9 Å². The lowest BCUT2D eigenvalue weighted by molar-refractivity contribution is -0.157. The molecule has 5 heteroatoms. The lowest BCUT2D eigenvalue weighted by Gasteiger charge is -2.30. The molecule has 0 radical (unpaired) electrons. The molecule has 0 spiro atoms. The van der Waals surface area contributed by atoms with Crippen LogP contribution in [0, 0.1) is 24.7 Å². The molecule has 1 fully saturated rings. The fourth-order valence-corrected chi connectivity index (χ4v) is 3.45. The van der Waals surface area contributed by atoms with Crippen LogP contribution in [0.2, 0.25) is 0 Å².